The van der Waals surface area contributed by atoms with Gasteiger partial charge in [-0.25, -0.2) is 14.8 Å². The normalized spacial score (nSPS) is 11.8. The first kappa shape index (κ1) is 19.2. The van der Waals surface area contributed by atoms with Gasteiger partial charge in [0.05, 0.1) is 12.1 Å². The number of aryl methyl sites for hydroxylation is 1. The van der Waals surface area contributed by atoms with Gasteiger partial charge in [0, 0.05) is 17.3 Å². The van der Waals surface area contributed by atoms with Crippen LogP contribution in [0.25, 0.3) is 21.5 Å². The van der Waals surface area contributed by atoms with Crippen molar-refractivity contribution >= 4 is 22.8 Å². The van der Waals surface area contributed by atoms with Crippen LogP contribution in [0.2, 0.25) is 0 Å². The summed E-state index contributed by atoms with van der Waals surface area (Å²) in [5, 5.41) is 3.24. The van der Waals surface area contributed by atoms with Gasteiger partial charge in [0.1, 0.15) is 18.0 Å². The largest absolute Gasteiger partial charge is 0.392 e. The fourth-order valence-corrected chi connectivity index (χ4v) is 3.62. The Kier molecular flexibility index (Phi) is 4.90. The number of anilines is 2. The monoisotopic (exact) mass is 396 g/mol. The molecule has 0 aliphatic heterocycles. The van der Waals surface area contributed by atoms with Gasteiger partial charge in [-0.2, -0.15) is 0 Å². The molecule has 0 spiro atoms. The van der Waals surface area contributed by atoms with E-state index in [4.69, 9.17) is 12.3 Å². The van der Waals surface area contributed by atoms with E-state index >= 15 is 0 Å². The van der Waals surface area contributed by atoms with Crippen LogP contribution in [0.4, 0.5) is 17.3 Å². The van der Waals surface area contributed by atoms with Crippen molar-refractivity contribution in [3.05, 3.63) is 94.0 Å². The first-order valence-corrected chi connectivity index (χ1v) is 9.46. The van der Waals surface area contributed by atoms with Crippen molar-refractivity contribution in [2.45, 2.75) is 19.9 Å². The molecule has 0 aliphatic rings. The van der Waals surface area contributed by atoms with Gasteiger partial charge in [-0.1, -0.05) is 36.4 Å². The summed E-state index contributed by atoms with van der Waals surface area (Å²) >= 11 is 0. The summed E-state index contributed by atoms with van der Waals surface area (Å²) in [6.45, 7) is 11.2. The first-order chi connectivity index (χ1) is 14.5. The zero-order valence-corrected chi connectivity index (χ0v) is 16.6. The number of rotatable bonds is 4. The summed E-state index contributed by atoms with van der Waals surface area (Å²) in [7, 11) is 0. The molecule has 3 heterocycles. The van der Waals surface area contributed by atoms with Crippen molar-refractivity contribution in [1.82, 2.24) is 14.4 Å². The highest BCUT2D eigenvalue weighted by atomic mass is 16.1. The zero-order valence-electron chi connectivity index (χ0n) is 16.6. The molecule has 7 nitrogen and oxygen atoms in total. The molecule has 3 N–H and O–H groups in total. The molecule has 0 fully saturated rings. The molecule has 0 amide bonds. The smallest absolute Gasteiger partial charge is 0.268 e. The molecule has 0 saturated heterocycles. The standard InChI is InChI=1S/C23H20N6O/c1-14-8-7-11-17-12-18(15(2)28-22-20(25-3)21(24)26-13-27-22)19(23(30)29(14)17)16-9-5-4-6-10-16/h4-13,15H,1-2H3,(H3,24,26,27,28)/t15-/m0/s1. The van der Waals surface area contributed by atoms with Crippen molar-refractivity contribution < 1.29 is 0 Å². The maximum atomic E-state index is 13.5. The molecule has 148 valence electrons. The number of pyridine rings is 2. The van der Waals surface area contributed by atoms with E-state index in [2.05, 4.69) is 20.1 Å². The van der Waals surface area contributed by atoms with E-state index < -0.39 is 0 Å². The van der Waals surface area contributed by atoms with E-state index in [0.717, 1.165) is 22.3 Å². The Hall–Kier alpha value is -4.18. The van der Waals surface area contributed by atoms with E-state index in [1.807, 2.05) is 68.4 Å². The van der Waals surface area contributed by atoms with Gasteiger partial charge < -0.3 is 11.1 Å². The van der Waals surface area contributed by atoms with Crippen LogP contribution in [-0.4, -0.2) is 14.4 Å². The van der Waals surface area contributed by atoms with Crippen LogP contribution in [-0.2, 0) is 0 Å². The number of nitrogens with zero attached hydrogens (tertiary/aromatic N) is 4. The lowest BCUT2D eigenvalue weighted by Gasteiger charge is -2.21. The quantitative estimate of drug-likeness (QED) is 0.500. The molecule has 1 atom stereocenters. The number of fused-ring (bicyclic) bond motifs is 1. The molecule has 30 heavy (non-hydrogen) atoms. The number of aromatic nitrogens is 3. The third kappa shape index (κ3) is 3.25. The summed E-state index contributed by atoms with van der Waals surface area (Å²) in [5.74, 6) is 0.459. The Morgan fingerprint density at radius 1 is 1.13 bits per heavy atom. The zero-order chi connectivity index (χ0) is 21.3. The van der Waals surface area contributed by atoms with Gasteiger partial charge >= 0.3 is 0 Å². The number of benzene rings is 1. The lowest BCUT2D eigenvalue weighted by atomic mass is 9.96. The molecule has 0 aliphatic carbocycles. The molecule has 4 rings (SSSR count). The van der Waals surface area contributed by atoms with Crippen LogP contribution in [0.3, 0.4) is 0 Å². The highest BCUT2D eigenvalue weighted by Crippen LogP contribution is 2.33. The fraction of sp³-hybridized carbons (Fsp3) is 0.130. The second-order valence-corrected chi connectivity index (χ2v) is 7.01. The Morgan fingerprint density at radius 3 is 2.63 bits per heavy atom. The van der Waals surface area contributed by atoms with Gasteiger partial charge in [-0.3, -0.25) is 9.20 Å². The topological polar surface area (TPSA) is 89.7 Å². The number of hydrogen-bond acceptors (Lipinski definition) is 5. The summed E-state index contributed by atoms with van der Waals surface area (Å²) in [5.41, 5.74) is 9.81. The third-order valence-electron chi connectivity index (χ3n) is 5.07. The van der Waals surface area contributed by atoms with E-state index in [0.29, 0.717) is 11.4 Å². The minimum Gasteiger partial charge on any atom is -0.392 e. The van der Waals surface area contributed by atoms with Gasteiger partial charge in [0.15, 0.2) is 0 Å². The van der Waals surface area contributed by atoms with Gasteiger partial charge in [-0.05, 0) is 43.2 Å². The number of nitrogen functional groups attached to an aromatic ring is 1. The summed E-state index contributed by atoms with van der Waals surface area (Å²) in [6.07, 6.45) is 1.32. The maximum absolute atomic E-state index is 13.5. The van der Waals surface area contributed by atoms with Crippen LogP contribution in [0.1, 0.15) is 24.2 Å². The molecular formula is C23H20N6O. The maximum Gasteiger partial charge on any atom is 0.268 e. The molecule has 0 saturated carbocycles. The minimum atomic E-state index is -0.312. The van der Waals surface area contributed by atoms with Crippen molar-refractivity contribution in [2.75, 3.05) is 11.1 Å². The van der Waals surface area contributed by atoms with Crippen LogP contribution in [0, 0.1) is 13.5 Å². The Balaban J connectivity index is 1.93. The van der Waals surface area contributed by atoms with Gasteiger partial charge in [0.2, 0.25) is 0 Å². The Morgan fingerprint density at radius 2 is 1.90 bits per heavy atom. The van der Waals surface area contributed by atoms with Crippen molar-refractivity contribution in [1.29, 1.82) is 0 Å². The van der Waals surface area contributed by atoms with E-state index in [1.54, 1.807) is 4.40 Å². The molecule has 3 aromatic heterocycles. The minimum absolute atomic E-state index is 0.0898. The molecule has 0 unspecified atom stereocenters. The van der Waals surface area contributed by atoms with Gasteiger partial charge in [0.25, 0.3) is 11.2 Å². The Bertz CT molecular complexity index is 1340. The van der Waals surface area contributed by atoms with Crippen LogP contribution in [0.15, 0.2) is 65.7 Å². The first-order valence-electron chi connectivity index (χ1n) is 9.46. The molecule has 0 bridgehead atoms. The predicted octanol–water partition coefficient (Wildman–Crippen LogP) is 4.37. The average Bonchev–Trinajstić information content (AvgIpc) is 2.74. The molecular weight excluding hydrogens is 376 g/mol. The van der Waals surface area contributed by atoms with E-state index in [-0.39, 0.29) is 23.1 Å². The number of nitrogens with one attached hydrogen (secondary N) is 1. The number of hydrogen-bond donors (Lipinski definition) is 2. The van der Waals surface area contributed by atoms with Gasteiger partial charge in [-0.15, -0.1) is 0 Å². The van der Waals surface area contributed by atoms with Crippen LogP contribution in [0.5, 0.6) is 0 Å². The molecule has 0 radical (unpaired) electrons. The van der Waals surface area contributed by atoms with Crippen molar-refractivity contribution in [2.24, 2.45) is 0 Å². The predicted molar refractivity (Wildman–Crippen MR) is 119 cm³/mol. The van der Waals surface area contributed by atoms with Crippen molar-refractivity contribution in [3.8, 4) is 11.1 Å². The second kappa shape index (κ2) is 7.68. The second-order valence-electron chi connectivity index (χ2n) is 7.01. The highest BCUT2D eigenvalue weighted by Gasteiger charge is 2.20. The average molecular weight is 396 g/mol. The van der Waals surface area contributed by atoms with Crippen LogP contribution < -0.4 is 16.6 Å². The van der Waals surface area contributed by atoms with E-state index in [1.165, 1.54) is 6.33 Å². The lowest BCUT2D eigenvalue weighted by molar-refractivity contribution is 0.866. The molecule has 7 heteroatoms. The fourth-order valence-electron chi connectivity index (χ4n) is 3.62. The number of nitrogens with two attached hydrogens (primary N) is 1. The highest BCUT2D eigenvalue weighted by molar-refractivity contribution is 5.77. The summed E-state index contributed by atoms with van der Waals surface area (Å²) < 4.78 is 1.71. The summed E-state index contributed by atoms with van der Waals surface area (Å²) in [6, 6.07) is 17.0. The Labute approximate surface area is 173 Å². The van der Waals surface area contributed by atoms with Crippen molar-refractivity contribution in [3.63, 3.8) is 0 Å². The van der Waals surface area contributed by atoms with Crippen LogP contribution >= 0.6 is 0 Å². The molecule has 1 aromatic carbocycles. The summed E-state index contributed by atoms with van der Waals surface area (Å²) in [4.78, 5) is 25.1. The lowest BCUT2D eigenvalue weighted by Crippen LogP contribution is -2.22. The SMILES string of the molecule is [C-]#[N+]c1c(N)ncnc1N[C@@H](C)c1cc2cccc(C)n2c(=O)c1-c1ccccc1. The van der Waals surface area contributed by atoms with E-state index in [9.17, 15) is 4.79 Å². The third-order valence-corrected chi connectivity index (χ3v) is 5.07. The molecule has 4 aromatic rings.